The molecule has 4 aromatic rings. The molecule has 0 saturated carbocycles. The summed E-state index contributed by atoms with van der Waals surface area (Å²) in [6.07, 6.45) is 2.01. The lowest BCUT2D eigenvalue weighted by atomic mass is 9.96. The van der Waals surface area contributed by atoms with Gasteiger partial charge in [0.25, 0.3) is 0 Å². The molecule has 5 heteroatoms. The standard InChI is InChI=1S/C25H17F5/c1-2-3-14-4-5-16-9-17(7-6-15(16)8-14)18-10-20(26)24(21(27)11-18)19-12-22(28)25(30)23(29)13-19/h4-13H,2-3H2,1H3. The molecule has 0 aliphatic carbocycles. The zero-order chi connectivity index (χ0) is 21.4. The average molecular weight is 412 g/mol. The van der Waals surface area contributed by atoms with Crippen LogP contribution in [0.5, 0.6) is 0 Å². The summed E-state index contributed by atoms with van der Waals surface area (Å²) in [7, 11) is 0. The van der Waals surface area contributed by atoms with Crippen LogP contribution in [0.25, 0.3) is 33.0 Å². The summed E-state index contributed by atoms with van der Waals surface area (Å²) in [5.74, 6) is -6.69. The topological polar surface area (TPSA) is 0 Å². The van der Waals surface area contributed by atoms with E-state index in [-0.39, 0.29) is 5.56 Å². The highest BCUT2D eigenvalue weighted by molar-refractivity contribution is 5.88. The Morgan fingerprint density at radius 3 is 1.77 bits per heavy atom. The fourth-order valence-electron chi connectivity index (χ4n) is 3.63. The van der Waals surface area contributed by atoms with Crippen molar-refractivity contribution < 1.29 is 22.0 Å². The molecule has 0 N–H and O–H groups in total. The molecule has 0 amide bonds. The fourth-order valence-corrected chi connectivity index (χ4v) is 3.63. The molecule has 0 radical (unpaired) electrons. The second-order valence-electron chi connectivity index (χ2n) is 7.22. The van der Waals surface area contributed by atoms with E-state index in [9.17, 15) is 22.0 Å². The maximum absolute atomic E-state index is 14.7. The van der Waals surface area contributed by atoms with E-state index in [1.54, 1.807) is 6.07 Å². The first-order chi connectivity index (χ1) is 14.4. The normalized spacial score (nSPS) is 11.3. The van der Waals surface area contributed by atoms with Crippen molar-refractivity contribution in [1.82, 2.24) is 0 Å². The van der Waals surface area contributed by atoms with Crippen LogP contribution in [0.1, 0.15) is 18.9 Å². The number of rotatable bonds is 4. The Morgan fingerprint density at radius 2 is 1.13 bits per heavy atom. The molecule has 30 heavy (non-hydrogen) atoms. The SMILES string of the molecule is CCCc1ccc2cc(-c3cc(F)c(-c4cc(F)c(F)c(F)c4)c(F)c3)ccc2c1. The van der Waals surface area contributed by atoms with Crippen LogP contribution in [0.4, 0.5) is 22.0 Å². The maximum atomic E-state index is 14.7. The summed E-state index contributed by atoms with van der Waals surface area (Å²) in [4.78, 5) is 0. The van der Waals surface area contributed by atoms with Gasteiger partial charge < -0.3 is 0 Å². The second kappa shape index (κ2) is 7.90. The monoisotopic (exact) mass is 412 g/mol. The van der Waals surface area contributed by atoms with Gasteiger partial charge in [-0.1, -0.05) is 43.7 Å². The highest BCUT2D eigenvalue weighted by Crippen LogP contribution is 2.33. The van der Waals surface area contributed by atoms with Crippen molar-refractivity contribution >= 4 is 10.8 Å². The third-order valence-electron chi connectivity index (χ3n) is 5.09. The van der Waals surface area contributed by atoms with E-state index in [0.29, 0.717) is 17.7 Å². The smallest absolute Gasteiger partial charge is 0.194 e. The highest BCUT2D eigenvalue weighted by Gasteiger charge is 2.18. The number of hydrogen-bond acceptors (Lipinski definition) is 0. The highest BCUT2D eigenvalue weighted by atomic mass is 19.2. The molecule has 4 aromatic carbocycles. The molecule has 152 valence electrons. The van der Waals surface area contributed by atoms with Gasteiger partial charge in [0.15, 0.2) is 17.5 Å². The molecule has 0 nitrogen and oxygen atoms in total. The zero-order valence-corrected chi connectivity index (χ0v) is 16.1. The van der Waals surface area contributed by atoms with Crippen molar-refractivity contribution in [3.8, 4) is 22.3 Å². The van der Waals surface area contributed by atoms with Crippen molar-refractivity contribution in [3.05, 3.63) is 95.3 Å². The molecule has 0 unspecified atom stereocenters. The average Bonchev–Trinajstić information content (AvgIpc) is 2.71. The van der Waals surface area contributed by atoms with E-state index in [1.165, 1.54) is 5.56 Å². The van der Waals surface area contributed by atoms with Gasteiger partial charge in [0.05, 0.1) is 5.56 Å². The molecule has 0 bridgehead atoms. The van der Waals surface area contributed by atoms with E-state index in [4.69, 9.17) is 0 Å². The number of benzene rings is 4. The minimum absolute atomic E-state index is 0.288. The van der Waals surface area contributed by atoms with Crippen LogP contribution in [0.3, 0.4) is 0 Å². The molecule has 0 atom stereocenters. The summed E-state index contributed by atoms with van der Waals surface area (Å²) in [5.41, 5.74) is 1.09. The van der Waals surface area contributed by atoms with E-state index in [0.717, 1.165) is 35.7 Å². The molecule has 0 saturated heterocycles. The summed E-state index contributed by atoms with van der Waals surface area (Å²) in [6, 6.07) is 14.9. The molecule has 0 aliphatic rings. The Hall–Kier alpha value is -3.21. The first-order valence-electron chi connectivity index (χ1n) is 9.54. The Bertz CT molecular complexity index is 1210. The number of hydrogen-bond donors (Lipinski definition) is 0. The lowest BCUT2D eigenvalue weighted by molar-refractivity contribution is 0.447. The van der Waals surface area contributed by atoms with Crippen LogP contribution >= 0.6 is 0 Å². The Morgan fingerprint density at radius 1 is 0.567 bits per heavy atom. The van der Waals surface area contributed by atoms with Gasteiger partial charge in [0, 0.05) is 0 Å². The zero-order valence-electron chi connectivity index (χ0n) is 16.1. The Labute approximate surface area is 170 Å². The summed E-state index contributed by atoms with van der Waals surface area (Å²) >= 11 is 0. The summed E-state index contributed by atoms with van der Waals surface area (Å²) < 4.78 is 69.6. The van der Waals surface area contributed by atoms with Crippen LogP contribution in [0.2, 0.25) is 0 Å². The van der Waals surface area contributed by atoms with Gasteiger partial charge in [-0.2, -0.15) is 0 Å². The minimum Gasteiger partial charge on any atom is -0.206 e. The van der Waals surface area contributed by atoms with E-state index >= 15 is 0 Å². The van der Waals surface area contributed by atoms with Crippen molar-refractivity contribution in [3.63, 3.8) is 0 Å². The van der Waals surface area contributed by atoms with Crippen LogP contribution < -0.4 is 0 Å². The lowest BCUT2D eigenvalue weighted by Gasteiger charge is -2.11. The number of aryl methyl sites for hydroxylation is 1. The third-order valence-corrected chi connectivity index (χ3v) is 5.09. The van der Waals surface area contributed by atoms with Gasteiger partial charge in [-0.3, -0.25) is 0 Å². The van der Waals surface area contributed by atoms with Crippen LogP contribution in [-0.4, -0.2) is 0 Å². The van der Waals surface area contributed by atoms with Gasteiger partial charge in [-0.25, -0.2) is 22.0 Å². The summed E-state index contributed by atoms with van der Waals surface area (Å²) in [5, 5.41) is 1.96. The maximum Gasteiger partial charge on any atom is 0.194 e. The van der Waals surface area contributed by atoms with Gasteiger partial charge >= 0.3 is 0 Å². The van der Waals surface area contributed by atoms with Crippen molar-refractivity contribution in [1.29, 1.82) is 0 Å². The summed E-state index contributed by atoms with van der Waals surface area (Å²) in [6.45, 7) is 2.11. The van der Waals surface area contributed by atoms with Gasteiger partial charge in [0.1, 0.15) is 11.6 Å². The van der Waals surface area contributed by atoms with E-state index < -0.39 is 40.2 Å². The van der Waals surface area contributed by atoms with Crippen molar-refractivity contribution in [2.45, 2.75) is 19.8 Å². The quantitative estimate of drug-likeness (QED) is 0.237. The van der Waals surface area contributed by atoms with Crippen molar-refractivity contribution in [2.24, 2.45) is 0 Å². The van der Waals surface area contributed by atoms with Crippen LogP contribution in [-0.2, 0) is 6.42 Å². The molecule has 0 heterocycles. The largest absolute Gasteiger partial charge is 0.206 e. The number of halogens is 5. The predicted molar refractivity (Wildman–Crippen MR) is 109 cm³/mol. The predicted octanol–water partition coefficient (Wildman–Crippen LogP) is 7.82. The Kier molecular flexibility index (Phi) is 5.29. The molecule has 0 aromatic heterocycles. The van der Waals surface area contributed by atoms with Gasteiger partial charge in [0.2, 0.25) is 0 Å². The molecule has 0 spiro atoms. The molecular formula is C25H17F5. The first-order valence-corrected chi connectivity index (χ1v) is 9.54. The third kappa shape index (κ3) is 3.67. The first kappa shape index (κ1) is 20.1. The van der Waals surface area contributed by atoms with Crippen molar-refractivity contribution in [2.75, 3.05) is 0 Å². The van der Waals surface area contributed by atoms with E-state index in [2.05, 4.69) is 13.0 Å². The second-order valence-corrected chi connectivity index (χ2v) is 7.22. The van der Waals surface area contributed by atoms with Crippen LogP contribution in [0.15, 0.2) is 60.7 Å². The van der Waals surface area contributed by atoms with E-state index in [1.807, 2.05) is 24.3 Å². The molecule has 4 rings (SSSR count). The van der Waals surface area contributed by atoms with Gasteiger partial charge in [-0.15, -0.1) is 0 Å². The van der Waals surface area contributed by atoms with Gasteiger partial charge in [-0.05, 0) is 69.8 Å². The minimum atomic E-state index is -1.69. The molecular weight excluding hydrogens is 395 g/mol. The van der Waals surface area contributed by atoms with Crippen LogP contribution in [0, 0.1) is 29.1 Å². The molecule has 0 aliphatic heterocycles. The number of fused-ring (bicyclic) bond motifs is 1. The fraction of sp³-hybridized carbons (Fsp3) is 0.120. The molecule has 0 fully saturated rings. The Balaban J connectivity index is 1.77. The lowest BCUT2D eigenvalue weighted by Crippen LogP contribution is -1.97.